The van der Waals surface area contributed by atoms with Crippen LogP contribution in [0.4, 0.5) is 9.59 Å². The lowest BCUT2D eigenvalue weighted by atomic mass is 10.0. The van der Waals surface area contributed by atoms with Crippen molar-refractivity contribution >= 4 is 55.9 Å². The zero-order valence-electron chi connectivity index (χ0n) is 34.5. The summed E-state index contributed by atoms with van der Waals surface area (Å²) in [6.07, 6.45) is 1.25. The molecule has 4 amide bonds. The highest BCUT2D eigenvalue weighted by Crippen LogP contribution is 2.54. The fourth-order valence-corrected chi connectivity index (χ4v) is 9.67. The van der Waals surface area contributed by atoms with E-state index in [-0.39, 0.29) is 53.7 Å². The first kappa shape index (κ1) is 42.4. The van der Waals surface area contributed by atoms with E-state index in [9.17, 15) is 19.2 Å². The molecule has 7 rings (SSSR count). The van der Waals surface area contributed by atoms with Gasteiger partial charge in [-0.15, -0.1) is 0 Å². The first-order valence-electron chi connectivity index (χ1n) is 20.2. The number of amides is 4. The first-order chi connectivity index (χ1) is 28.1. The number of ether oxygens (including phenoxy) is 2. The van der Waals surface area contributed by atoms with Crippen LogP contribution in [0.25, 0.3) is 33.6 Å². The molecular weight excluding hydrogens is 884 g/mol. The van der Waals surface area contributed by atoms with Crippen LogP contribution in [-0.4, -0.2) is 92.1 Å². The Morgan fingerprint density at radius 2 is 1.07 bits per heavy atom. The fourth-order valence-electron chi connectivity index (χ4n) is 8.63. The molecule has 1 unspecified atom stereocenters. The van der Waals surface area contributed by atoms with E-state index >= 15 is 0 Å². The number of carbonyl (C=O) groups excluding carboxylic acids is 4. The number of carbonyl (C=O) groups is 4. The predicted molar refractivity (Wildman–Crippen MR) is 230 cm³/mol. The molecular formula is C43H52Br2N8O6. The number of nitrogens with zero attached hydrogens (tertiary/aromatic N) is 4. The predicted octanol–water partition coefficient (Wildman–Crippen LogP) is 8.38. The van der Waals surface area contributed by atoms with E-state index in [1.54, 1.807) is 0 Å². The smallest absolute Gasteiger partial charge is 0.407 e. The number of fused-ring (bicyclic) bond motifs is 1. The lowest BCUT2D eigenvalue weighted by Gasteiger charge is -2.33. The number of H-pyrrole nitrogens is 2. The maximum absolute atomic E-state index is 14.0. The number of nitrogens with one attached hydrogen (secondary N) is 4. The molecule has 4 N–H and O–H groups in total. The van der Waals surface area contributed by atoms with Crippen LogP contribution >= 0.6 is 31.9 Å². The summed E-state index contributed by atoms with van der Waals surface area (Å²) in [4.78, 5) is 72.6. The van der Waals surface area contributed by atoms with Crippen molar-refractivity contribution in [1.82, 2.24) is 40.4 Å². The zero-order chi connectivity index (χ0) is 42.4. The summed E-state index contributed by atoms with van der Waals surface area (Å²) in [7, 11) is 2.59. The minimum atomic E-state index is -0.733. The maximum Gasteiger partial charge on any atom is 0.407 e. The second kappa shape index (κ2) is 17.1. The average molecular weight is 937 g/mol. The molecule has 314 valence electrons. The Morgan fingerprint density at radius 1 is 0.661 bits per heavy atom. The fraction of sp³-hybridized carbons (Fsp3) is 0.488. The number of benzene rings is 2. The van der Waals surface area contributed by atoms with Gasteiger partial charge in [0.2, 0.25) is 11.8 Å². The minimum absolute atomic E-state index is 0.0537. The number of alkyl carbamates (subject to hydrolysis) is 2. The van der Waals surface area contributed by atoms with E-state index in [0.29, 0.717) is 17.6 Å². The number of hydrogen-bond donors (Lipinski definition) is 4. The Hall–Kier alpha value is -4.70. The van der Waals surface area contributed by atoms with Crippen molar-refractivity contribution in [3.8, 4) is 33.6 Å². The van der Waals surface area contributed by atoms with Crippen molar-refractivity contribution in [2.75, 3.05) is 14.2 Å². The number of halogens is 2. The van der Waals surface area contributed by atoms with Gasteiger partial charge in [0.1, 0.15) is 44.3 Å². The minimum Gasteiger partial charge on any atom is -0.453 e. The van der Waals surface area contributed by atoms with Gasteiger partial charge >= 0.3 is 12.2 Å². The van der Waals surface area contributed by atoms with E-state index in [1.807, 2.05) is 68.7 Å². The van der Waals surface area contributed by atoms with E-state index in [0.717, 1.165) is 62.1 Å². The van der Waals surface area contributed by atoms with Gasteiger partial charge in [0.05, 0.1) is 26.3 Å². The molecule has 14 nitrogen and oxygen atoms in total. The van der Waals surface area contributed by atoms with E-state index in [4.69, 9.17) is 19.4 Å². The Balaban J connectivity index is 1.06. The summed E-state index contributed by atoms with van der Waals surface area (Å²) in [6.45, 7) is 11.8. The van der Waals surface area contributed by atoms with Crippen LogP contribution in [0.2, 0.25) is 0 Å². The molecule has 1 saturated carbocycles. The molecule has 2 aromatic heterocycles. The third-order valence-electron chi connectivity index (χ3n) is 12.2. The number of rotatable bonds is 11. The highest BCUT2D eigenvalue weighted by atomic mass is 79.9. The van der Waals surface area contributed by atoms with E-state index in [1.165, 1.54) is 14.2 Å². The molecule has 8 atom stereocenters. The maximum atomic E-state index is 14.0. The van der Waals surface area contributed by atoms with Crippen LogP contribution in [0.5, 0.6) is 0 Å². The molecule has 3 aliphatic rings. The van der Waals surface area contributed by atoms with Crippen LogP contribution in [0.15, 0.2) is 57.7 Å². The number of methoxy groups -OCH3 is 2. The normalized spacial score (nSPS) is 23.3. The second-order valence-corrected chi connectivity index (χ2v) is 18.3. The highest BCUT2D eigenvalue weighted by molar-refractivity contribution is 9.10. The van der Waals surface area contributed by atoms with Gasteiger partial charge in [-0.2, -0.15) is 0 Å². The topological polar surface area (TPSA) is 175 Å². The van der Waals surface area contributed by atoms with Crippen LogP contribution in [0, 0.1) is 23.7 Å². The molecule has 0 spiro atoms. The first-order valence-corrected chi connectivity index (χ1v) is 21.8. The van der Waals surface area contributed by atoms with Gasteiger partial charge in [-0.25, -0.2) is 19.6 Å². The van der Waals surface area contributed by atoms with Gasteiger partial charge in [0.25, 0.3) is 0 Å². The van der Waals surface area contributed by atoms with Crippen molar-refractivity contribution in [3.05, 3.63) is 69.4 Å². The number of aromatic nitrogens is 4. The summed E-state index contributed by atoms with van der Waals surface area (Å²) >= 11 is 7.39. The largest absolute Gasteiger partial charge is 0.453 e. The van der Waals surface area contributed by atoms with Crippen molar-refractivity contribution in [1.29, 1.82) is 0 Å². The zero-order valence-corrected chi connectivity index (χ0v) is 37.7. The number of imidazole rings is 2. The quantitative estimate of drug-likeness (QED) is 0.116. The second-order valence-electron chi connectivity index (χ2n) is 16.7. The highest BCUT2D eigenvalue weighted by Gasteiger charge is 2.56. The summed E-state index contributed by atoms with van der Waals surface area (Å²) in [5.41, 5.74) is 5.39. The molecule has 3 fully saturated rings. The molecule has 2 saturated heterocycles. The van der Waals surface area contributed by atoms with Crippen LogP contribution < -0.4 is 10.6 Å². The molecule has 59 heavy (non-hydrogen) atoms. The van der Waals surface area contributed by atoms with Crippen LogP contribution in [0.3, 0.4) is 0 Å². The Morgan fingerprint density at radius 3 is 1.49 bits per heavy atom. The molecule has 0 bridgehead atoms. The summed E-state index contributed by atoms with van der Waals surface area (Å²) < 4.78 is 11.1. The van der Waals surface area contributed by atoms with Gasteiger partial charge in [-0.3, -0.25) is 9.59 Å². The van der Waals surface area contributed by atoms with E-state index in [2.05, 4.69) is 83.7 Å². The van der Waals surface area contributed by atoms with Crippen molar-refractivity contribution in [2.24, 2.45) is 23.7 Å². The third kappa shape index (κ3) is 8.39. The molecule has 2 aliphatic heterocycles. The molecule has 16 heteroatoms. The summed E-state index contributed by atoms with van der Waals surface area (Å²) in [5.74, 6) is 1.51. The summed E-state index contributed by atoms with van der Waals surface area (Å²) in [6, 6.07) is 14.5. The lowest BCUT2D eigenvalue weighted by Crippen LogP contribution is -2.53. The Kier molecular flexibility index (Phi) is 12.3. The Bertz CT molecular complexity index is 2210. The van der Waals surface area contributed by atoms with Gasteiger partial charge in [-0.1, -0.05) is 83.1 Å². The van der Waals surface area contributed by atoms with Gasteiger partial charge in [0, 0.05) is 23.2 Å². The molecule has 0 radical (unpaired) electrons. The Labute approximate surface area is 361 Å². The lowest BCUT2D eigenvalue weighted by molar-refractivity contribution is -0.138. The molecule has 4 aromatic rings. The van der Waals surface area contributed by atoms with Crippen LogP contribution in [0.1, 0.15) is 84.5 Å². The molecule has 2 aromatic carbocycles. The molecule has 1 aliphatic carbocycles. The number of aromatic amines is 2. The van der Waals surface area contributed by atoms with Gasteiger partial charge in [0.15, 0.2) is 0 Å². The average Bonchev–Trinajstić information content (AvgIpc) is 3.47. The van der Waals surface area contributed by atoms with Crippen LogP contribution in [-0.2, 0) is 19.1 Å². The van der Waals surface area contributed by atoms with Crippen molar-refractivity contribution in [2.45, 2.75) is 97.1 Å². The van der Waals surface area contributed by atoms with Gasteiger partial charge in [-0.05, 0) is 92.8 Å². The monoisotopic (exact) mass is 934 g/mol. The number of likely N-dealkylation sites (tertiary alicyclic amines) is 2. The summed E-state index contributed by atoms with van der Waals surface area (Å²) in [5, 5.41) is 5.47. The van der Waals surface area contributed by atoms with Crippen molar-refractivity contribution in [3.63, 3.8) is 0 Å². The molecule has 4 heterocycles. The third-order valence-corrected chi connectivity index (χ3v) is 13.4. The standard InChI is InChI=1S/C43H52Br2N8O6/c1-20(2)32(48-42(56)58-7)40(54)52-23(6)22(5)17-30(52)38-46-34(36(44)50-38)26-13-9-24(10-14-26)25-11-15-27(16-12-25)35-37(45)51-39(47-35)31-19-28-18-29(28)53(31)41(55)33(21(3)4)49-43(57)59-8/h9-16,20-23,28-33H,17-19H2,1-8H3,(H,46,50)(H,47,51)(H,48,56)(H,49,57)/t22-,23-,28-,29?,30+,31+,32+,33+/m1/s1. The van der Waals surface area contributed by atoms with Crippen molar-refractivity contribution < 1.29 is 28.7 Å². The number of piperidine rings is 1. The SMILES string of the molecule is COC(=O)N[C@H](C(=O)N1C2C[C@@H]2C[C@H]1c1nc(-c2ccc(-c3ccc(-c4nc([C@@H]5C[C@@H](C)[C@@H](C)N5C(=O)[C@@H](NC(=O)OC)C(C)C)[nH]c4Br)cc3)cc2)c(Br)[nH]1)C(C)C. The number of hydrogen-bond acceptors (Lipinski definition) is 8. The van der Waals surface area contributed by atoms with Gasteiger partial charge < -0.3 is 39.9 Å². The van der Waals surface area contributed by atoms with E-state index < -0.39 is 24.3 Å².